The first-order valence-corrected chi connectivity index (χ1v) is 11.5. The Kier molecular flexibility index (Phi) is 7.03. The minimum Gasteiger partial charge on any atom is -0.456 e. The number of esters is 1. The molecule has 2 aromatic heterocycles. The number of hydrogen-bond acceptors (Lipinski definition) is 9. The number of amides is 1. The highest BCUT2D eigenvalue weighted by atomic mass is 16.6. The number of nitrogens with zero attached hydrogens (tertiary/aromatic N) is 4. The molecule has 1 saturated heterocycles. The second-order valence-corrected chi connectivity index (χ2v) is 9.01. The molecule has 1 aromatic carbocycles. The van der Waals surface area contributed by atoms with E-state index in [1.807, 2.05) is 19.9 Å². The van der Waals surface area contributed by atoms with Crippen molar-refractivity contribution in [1.82, 2.24) is 14.6 Å². The molecule has 3 N–H and O–H groups in total. The molecule has 5 atom stereocenters. The molecular weight excluding hydrogens is 466 g/mol. The first-order valence-electron chi connectivity index (χ1n) is 11.5. The van der Waals surface area contributed by atoms with Gasteiger partial charge in [-0.3, -0.25) is 9.59 Å². The van der Waals surface area contributed by atoms with Crippen LogP contribution in [0.5, 0.6) is 0 Å². The van der Waals surface area contributed by atoms with Gasteiger partial charge in [0.25, 0.3) is 5.91 Å². The Bertz CT molecular complexity index is 1300. The van der Waals surface area contributed by atoms with Gasteiger partial charge in [0.1, 0.15) is 30.1 Å². The van der Waals surface area contributed by atoms with E-state index in [1.165, 1.54) is 16.9 Å². The fourth-order valence-corrected chi connectivity index (χ4v) is 4.05. The van der Waals surface area contributed by atoms with Gasteiger partial charge < -0.3 is 25.0 Å². The summed E-state index contributed by atoms with van der Waals surface area (Å²) < 4.78 is 12.7. The summed E-state index contributed by atoms with van der Waals surface area (Å²) in [5.74, 6) is -1.26. The number of hydrogen-bond donors (Lipinski definition) is 3. The van der Waals surface area contributed by atoms with Gasteiger partial charge in [-0.05, 0) is 30.2 Å². The molecule has 11 nitrogen and oxygen atoms in total. The fraction of sp³-hybridized carbons (Fsp3) is 0.400. The van der Waals surface area contributed by atoms with Crippen LogP contribution in [-0.4, -0.2) is 61.6 Å². The van der Waals surface area contributed by atoms with Crippen LogP contribution in [0.4, 0.5) is 5.82 Å². The monoisotopic (exact) mass is 493 g/mol. The molecule has 1 fully saturated rings. The number of ether oxygens (including phenoxy) is 2. The highest BCUT2D eigenvalue weighted by Crippen LogP contribution is 2.42. The van der Waals surface area contributed by atoms with Gasteiger partial charge in [-0.15, -0.1) is 0 Å². The predicted molar refractivity (Wildman–Crippen MR) is 127 cm³/mol. The van der Waals surface area contributed by atoms with Crippen molar-refractivity contribution in [3.05, 3.63) is 60.0 Å². The lowest BCUT2D eigenvalue weighted by Crippen LogP contribution is -2.43. The Morgan fingerprint density at radius 3 is 2.61 bits per heavy atom. The molecule has 0 aliphatic carbocycles. The third-order valence-corrected chi connectivity index (χ3v) is 6.50. The summed E-state index contributed by atoms with van der Waals surface area (Å²) in [4.78, 5) is 29.4. The third-order valence-electron chi connectivity index (χ3n) is 6.50. The zero-order valence-electron chi connectivity index (χ0n) is 20.0. The minimum absolute atomic E-state index is 0.0129. The van der Waals surface area contributed by atoms with Crippen LogP contribution >= 0.6 is 0 Å². The number of benzene rings is 1. The molecule has 3 heterocycles. The third kappa shape index (κ3) is 4.30. The van der Waals surface area contributed by atoms with Gasteiger partial charge in [0.15, 0.2) is 11.9 Å². The zero-order valence-corrected chi connectivity index (χ0v) is 20.0. The molecule has 0 spiro atoms. The van der Waals surface area contributed by atoms with Crippen LogP contribution in [0.15, 0.2) is 48.8 Å². The standard InChI is InChI=1S/C25H27N5O6/c1-14(2)15(3)24(34)35-20-18(11-31)36-25(12-26,21(20)32)19-10-9-17-22(27-13-28-30(17)19)29-23(33)16-7-5-4-6-8-16/h4-10,13-15,18,20-21,31-32H,11H2,1-3H3,(H,27,28,29,33)/t15-,18+,20+,21+,25-/m0/s1. The molecule has 0 unspecified atom stereocenters. The van der Waals surface area contributed by atoms with Crippen molar-refractivity contribution in [2.45, 2.75) is 44.7 Å². The van der Waals surface area contributed by atoms with Gasteiger partial charge in [-0.25, -0.2) is 9.50 Å². The van der Waals surface area contributed by atoms with Crippen molar-refractivity contribution in [3.8, 4) is 6.07 Å². The van der Waals surface area contributed by atoms with Crippen molar-refractivity contribution in [2.75, 3.05) is 11.9 Å². The summed E-state index contributed by atoms with van der Waals surface area (Å²) in [7, 11) is 0. The van der Waals surface area contributed by atoms with Crippen LogP contribution < -0.4 is 5.32 Å². The Labute approximate surface area is 207 Å². The number of rotatable bonds is 7. The van der Waals surface area contributed by atoms with E-state index in [0.717, 1.165) is 0 Å². The lowest BCUT2D eigenvalue weighted by molar-refractivity contribution is -0.162. The predicted octanol–water partition coefficient (Wildman–Crippen LogP) is 1.66. The Hall–Kier alpha value is -3.85. The summed E-state index contributed by atoms with van der Waals surface area (Å²) in [5.41, 5.74) is -1.12. The molecular formula is C25H27N5O6. The van der Waals surface area contributed by atoms with Gasteiger partial charge in [0, 0.05) is 5.56 Å². The molecule has 1 amide bonds. The normalized spacial score (nSPS) is 24.4. The van der Waals surface area contributed by atoms with Crippen LogP contribution in [0.3, 0.4) is 0 Å². The van der Waals surface area contributed by atoms with E-state index in [2.05, 4.69) is 15.4 Å². The number of aromatic nitrogens is 3. The quantitative estimate of drug-likeness (QED) is 0.416. The Morgan fingerprint density at radius 2 is 1.97 bits per heavy atom. The molecule has 36 heavy (non-hydrogen) atoms. The van der Waals surface area contributed by atoms with Gasteiger partial charge in [-0.1, -0.05) is 39.0 Å². The second kappa shape index (κ2) is 10.0. The molecule has 0 saturated carbocycles. The van der Waals surface area contributed by atoms with Crippen molar-refractivity contribution in [3.63, 3.8) is 0 Å². The van der Waals surface area contributed by atoms with Crippen LogP contribution in [0, 0.1) is 23.2 Å². The van der Waals surface area contributed by atoms with Crippen molar-refractivity contribution < 1.29 is 29.3 Å². The number of anilines is 1. The number of fused-ring (bicyclic) bond motifs is 1. The molecule has 188 valence electrons. The van der Waals surface area contributed by atoms with Crippen LogP contribution in [0.25, 0.3) is 5.52 Å². The lowest BCUT2D eigenvalue weighted by Gasteiger charge is -2.25. The maximum atomic E-state index is 12.6. The van der Waals surface area contributed by atoms with E-state index >= 15 is 0 Å². The van der Waals surface area contributed by atoms with Crippen molar-refractivity contribution in [1.29, 1.82) is 5.26 Å². The molecule has 0 radical (unpaired) electrons. The largest absolute Gasteiger partial charge is 0.456 e. The van der Waals surface area contributed by atoms with Crippen molar-refractivity contribution >= 4 is 23.2 Å². The van der Waals surface area contributed by atoms with Crippen LogP contribution in [0.1, 0.15) is 36.8 Å². The number of carbonyl (C=O) groups excluding carboxylic acids is 2. The lowest BCUT2D eigenvalue weighted by atomic mass is 9.92. The highest BCUT2D eigenvalue weighted by molar-refractivity contribution is 6.05. The number of carbonyl (C=O) groups is 2. The minimum atomic E-state index is -2.01. The maximum absolute atomic E-state index is 12.6. The van der Waals surface area contributed by atoms with Crippen LogP contribution in [-0.2, 0) is 19.9 Å². The smallest absolute Gasteiger partial charge is 0.309 e. The fourth-order valence-electron chi connectivity index (χ4n) is 4.05. The van der Waals surface area contributed by atoms with E-state index in [4.69, 9.17) is 9.47 Å². The summed E-state index contributed by atoms with van der Waals surface area (Å²) >= 11 is 0. The van der Waals surface area contributed by atoms with E-state index in [-0.39, 0.29) is 17.4 Å². The summed E-state index contributed by atoms with van der Waals surface area (Å²) in [5, 5.41) is 38.2. The molecule has 4 rings (SSSR count). The first-order chi connectivity index (χ1) is 17.2. The second-order valence-electron chi connectivity index (χ2n) is 9.01. The molecule has 3 aromatic rings. The Morgan fingerprint density at radius 1 is 1.25 bits per heavy atom. The average molecular weight is 494 g/mol. The summed E-state index contributed by atoms with van der Waals surface area (Å²) in [6, 6.07) is 13.6. The SMILES string of the molecule is CC(C)[C@H](C)C(=O)O[C@H]1[C@@H](O)[C@](C#N)(c2ccc3c(NC(=O)c4ccccc4)ncnn23)O[C@@H]1CO. The average Bonchev–Trinajstić information content (AvgIpc) is 3.44. The molecule has 1 aliphatic heterocycles. The van der Waals surface area contributed by atoms with E-state index in [9.17, 15) is 25.1 Å². The first kappa shape index (κ1) is 25.2. The van der Waals surface area contributed by atoms with Crippen LogP contribution in [0.2, 0.25) is 0 Å². The van der Waals surface area contributed by atoms with Crippen molar-refractivity contribution in [2.24, 2.45) is 11.8 Å². The number of nitrogens with one attached hydrogen (secondary N) is 1. The summed E-state index contributed by atoms with van der Waals surface area (Å²) in [6.45, 7) is 4.82. The van der Waals surface area contributed by atoms with E-state index < -0.39 is 48.3 Å². The topological polar surface area (TPSA) is 159 Å². The number of nitriles is 1. The van der Waals surface area contributed by atoms with E-state index in [1.54, 1.807) is 43.3 Å². The highest BCUT2D eigenvalue weighted by Gasteiger charge is 2.59. The van der Waals surface area contributed by atoms with E-state index in [0.29, 0.717) is 11.1 Å². The molecule has 11 heteroatoms. The van der Waals surface area contributed by atoms with Gasteiger partial charge in [-0.2, -0.15) is 10.4 Å². The Balaban J connectivity index is 1.69. The van der Waals surface area contributed by atoms with Gasteiger partial charge in [0.05, 0.1) is 18.2 Å². The molecule has 1 aliphatic rings. The number of aliphatic hydroxyl groups is 2. The number of aliphatic hydroxyl groups excluding tert-OH is 2. The maximum Gasteiger partial charge on any atom is 0.309 e. The molecule has 0 bridgehead atoms. The van der Waals surface area contributed by atoms with Gasteiger partial charge in [0.2, 0.25) is 5.60 Å². The zero-order chi connectivity index (χ0) is 26.0. The van der Waals surface area contributed by atoms with Gasteiger partial charge >= 0.3 is 5.97 Å². The summed E-state index contributed by atoms with van der Waals surface area (Å²) in [6.07, 6.45) is -2.87.